The number of amides is 1. The summed E-state index contributed by atoms with van der Waals surface area (Å²) in [5.41, 5.74) is 3.26. The van der Waals surface area contributed by atoms with Gasteiger partial charge in [0.2, 0.25) is 5.89 Å². The highest BCUT2D eigenvalue weighted by atomic mass is 35.5. The Morgan fingerprint density at radius 1 is 1.11 bits per heavy atom. The molecular weight excluding hydrogens is 376 g/mol. The Morgan fingerprint density at radius 3 is 2.68 bits per heavy atom. The molecule has 0 aliphatic carbocycles. The molecule has 6 heteroatoms. The zero-order chi connectivity index (χ0) is 19.5. The highest BCUT2D eigenvalue weighted by Crippen LogP contribution is 2.28. The summed E-state index contributed by atoms with van der Waals surface area (Å²) in [6.07, 6.45) is 0. The van der Waals surface area contributed by atoms with Gasteiger partial charge in [-0.05, 0) is 67.6 Å². The fourth-order valence-electron chi connectivity index (χ4n) is 2.82. The van der Waals surface area contributed by atoms with E-state index in [0.717, 1.165) is 11.3 Å². The molecule has 0 aliphatic heterocycles. The van der Waals surface area contributed by atoms with Crippen molar-refractivity contribution in [1.29, 1.82) is 0 Å². The largest absolute Gasteiger partial charge is 0.494 e. The molecule has 1 N–H and O–H groups in total. The lowest BCUT2D eigenvalue weighted by molar-refractivity contribution is 0.102. The number of carbonyl (C=O) groups excluding carboxylic acids is 1. The summed E-state index contributed by atoms with van der Waals surface area (Å²) in [4.78, 5) is 17.0. The lowest BCUT2D eigenvalue weighted by Gasteiger charge is -2.06. The molecule has 0 radical (unpaired) electrons. The van der Waals surface area contributed by atoms with Crippen LogP contribution < -0.4 is 10.1 Å². The van der Waals surface area contributed by atoms with Gasteiger partial charge >= 0.3 is 0 Å². The number of rotatable bonds is 5. The molecule has 0 spiro atoms. The third kappa shape index (κ3) is 3.85. The van der Waals surface area contributed by atoms with Gasteiger partial charge in [-0.3, -0.25) is 4.79 Å². The first-order valence-corrected chi connectivity index (χ1v) is 9.21. The van der Waals surface area contributed by atoms with E-state index in [1.54, 1.807) is 54.6 Å². The molecule has 0 fully saturated rings. The summed E-state index contributed by atoms with van der Waals surface area (Å²) in [7, 11) is 0. The van der Waals surface area contributed by atoms with Crippen LogP contribution in [0.1, 0.15) is 17.3 Å². The Morgan fingerprint density at radius 2 is 1.93 bits per heavy atom. The van der Waals surface area contributed by atoms with E-state index in [4.69, 9.17) is 20.8 Å². The number of nitrogens with one attached hydrogen (secondary N) is 1. The minimum Gasteiger partial charge on any atom is -0.494 e. The summed E-state index contributed by atoms with van der Waals surface area (Å²) in [5.74, 6) is 1.00. The summed E-state index contributed by atoms with van der Waals surface area (Å²) < 4.78 is 11.2. The lowest BCUT2D eigenvalue weighted by atomic mass is 10.2. The number of anilines is 1. The molecule has 1 amide bonds. The number of halogens is 1. The number of carbonyl (C=O) groups is 1. The number of oxazole rings is 1. The minimum absolute atomic E-state index is 0.207. The molecule has 4 aromatic rings. The van der Waals surface area contributed by atoms with E-state index in [2.05, 4.69) is 10.3 Å². The van der Waals surface area contributed by atoms with Crippen LogP contribution in [-0.2, 0) is 0 Å². The van der Waals surface area contributed by atoms with Crippen LogP contribution in [0.2, 0.25) is 5.02 Å². The third-order valence-electron chi connectivity index (χ3n) is 4.14. The fourth-order valence-corrected chi connectivity index (χ4v) is 3.01. The zero-order valence-corrected chi connectivity index (χ0v) is 15.9. The maximum Gasteiger partial charge on any atom is 0.255 e. The standard InChI is InChI=1S/C22H17ClN2O3/c1-2-27-18-9-6-14(7-10-18)21(26)24-17-8-11-20-19(13-17)25-22(28-20)15-4-3-5-16(23)12-15/h3-13H,2H2,1H3,(H,24,26). The summed E-state index contributed by atoms with van der Waals surface area (Å²) in [6, 6.07) is 19.7. The molecule has 1 heterocycles. The van der Waals surface area contributed by atoms with Gasteiger partial charge in [0.15, 0.2) is 5.58 Å². The van der Waals surface area contributed by atoms with Gasteiger partial charge in [-0.15, -0.1) is 0 Å². The van der Waals surface area contributed by atoms with E-state index in [1.807, 2.05) is 19.1 Å². The number of ether oxygens (including phenoxy) is 1. The Hall–Kier alpha value is -3.31. The van der Waals surface area contributed by atoms with Gasteiger partial charge in [0.1, 0.15) is 11.3 Å². The van der Waals surface area contributed by atoms with Gasteiger partial charge in [0.05, 0.1) is 6.61 Å². The van der Waals surface area contributed by atoms with E-state index in [1.165, 1.54) is 0 Å². The highest BCUT2D eigenvalue weighted by molar-refractivity contribution is 6.30. The lowest BCUT2D eigenvalue weighted by Crippen LogP contribution is -2.11. The monoisotopic (exact) mass is 392 g/mol. The number of nitrogens with zero attached hydrogens (tertiary/aromatic N) is 1. The first kappa shape index (κ1) is 18.1. The molecule has 0 atom stereocenters. The topological polar surface area (TPSA) is 64.4 Å². The van der Waals surface area contributed by atoms with Crippen molar-refractivity contribution in [3.8, 4) is 17.2 Å². The van der Waals surface area contributed by atoms with Crippen molar-refractivity contribution >= 4 is 34.3 Å². The third-order valence-corrected chi connectivity index (χ3v) is 4.38. The van der Waals surface area contributed by atoms with Gasteiger partial charge in [-0.1, -0.05) is 17.7 Å². The smallest absolute Gasteiger partial charge is 0.255 e. The SMILES string of the molecule is CCOc1ccc(C(=O)Nc2ccc3oc(-c4cccc(Cl)c4)nc3c2)cc1. The molecule has 3 aromatic carbocycles. The average molecular weight is 393 g/mol. The van der Waals surface area contributed by atoms with E-state index in [0.29, 0.717) is 39.9 Å². The average Bonchev–Trinajstić information content (AvgIpc) is 3.12. The van der Waals surface area contributed by atoms with Crippen LogP contribution in [0.15, 0.2) is 71.1 Å². The van der Waals surface area contributed by atoms with Gasteiger partial charge in [0.25, 0.3) is 5.91 Å². The highest BCUT2D eigenvalue weighted by Gasteiger charge is 2.11. The molecular formula is C22H17ClN2O3. The molecule has 0 saturated heterocycles. The maximum atomic E-state index is 12.5. The number of aromatic nitrogens is 1. The van der Waals surface area contributed by atoms with Crippen molar-refractivity contribution in [2.45, 2.75) is 6.92 Å². The quantitative estimate of drug-likeness (QED) is 0.466. The van der Waals surface area contributed by atoms with Crippen LogP contribution in [0, 0.1) is 0 Å². The number of benzene rings is 3. The number of fused-ring (bicyclic) bond motifs is 1. The van der Waals surface area contributed by atoms with Crippen molar-refractivity contribution in [2.24, 2.45) is 0 Å². The van der Waals surface area contributed by atoms with Crippen molar-refractivity contribution < 1.29 is 13.9 Å². The molecule has 0 unspecified atom stereocenters. The Bertz CT molecular complexity index is 1140. The van der Waals surface area contributed by atoms with Gasteiger partial charge in [-0.25, -0.2) is 4.98 Å². The molecule has 0 saturated carbocycles. The van der Waals surface area contributed by atoms with Crippen LogP contribution in [0.25, 0.3) is 22.6 Å². The van der Waals surface area contributed by atoms with Crippen molar-refractivity contribution in [3.05, 3.63) is 77.3 Å². The first-order valence-electron chi connectivity index (χ1n) is 8.83. The Balaban J connectivity index is 1.55. The molecule has 4 rings (SSSR count). The molecule has 140 valence electrons. The van der Waals surface area contributed by atoms with Crippen molar-refractivity contribution in [3.63, 3.8) is 0 Å². The van der Waals surface area contributed by atoms with E-state index in [-0.39, 0.29) is 5.91 Å². The van der Waals surface area contributed by atoms with E-state index < -0.39 is 0 Å². The maximum absolute atomic E-state index is 12.5. The second-order valence-electron chi connectivity index (χ2n) is 6.12. The van der Waals surface area contributed by atoms with Crippen molar-refractivity contribution in [1.82, 2.24) is 4.98 Å². The fraction of sp³-hybridized carbons (Fsp3) is 0.0909. The normalized spacial score (nSPS) is 10.8. The summed E-state index contributed by atoms with van der Waals surface area (Å²) >= 11 is 6.04. The van der Waals surface area contributed by atoms with Crippen LogP contribution in [0.5, 0.6) is 5.75 Å². The van der Waals surface area contributed by atoms with Crippen LogP contribution >= 0.6 is 11.6 Å². The van der Waals surface area contributed by atoms with Crippen LogP contribution in [-0.4, -0.2) is 17.5 Å². The second-order valence-corrected chi connectivity index (χ2v) is 6.56. The van der Waals surface area contributed by atoms with Gasteiger partial charge < -0.3 is 14.5 Å². The molecule has 28 heavy (non-hydrogen) atoms. The Kier molecular flexibility index (Phi) is 5.00. The van der Waals surface area contributed by atoms with E-state index in [9.17, 15) is 4.79 Å². The summed E-state index contributed by atoms with van der Waals surface area (Å²) in [5, 5.41) is 3.49. The van der Waals surface area contributed by atoms with E-state index >= 15 is 0 Å². The number of hydrogen-bond donors (Lipinski definition) is 1. The number of hydrogen-bond acceptors (Lipinski definition) is 4. The van der Waals surface area contributed by atoms with Crippen LogP contribution in [0.3, 0.4) is 0 Å². The van der Waals surface area contributed by atoms with Gasteiger partial charge in [-0.2, -0.15) is 0 Å². The first-order chi connectivity index (χ1) is 13.6. The Labute approximate surface area is 166 Å². The molecule has 0 bridgehead atoms. The van der Waals surface area contributed by atoms with Crippen LogP contribution in [0.4, 0.5) is 5.69 Å². The van der Waals surface area contributed by atoms with Crippen molar-refractivity contribution in [2.75, 3.05) is 11.9 Å². The zero-order valence-electron chi connectivity index (χ0n) is 15.1. The minimum atomic E-state index is -0.207. The predicted octanol–water partition coefficient (Wildman–Crippen LogP) is 5.80. The van der Waals surface area contributed by atoms with Gasteiger partial charge in [0, 0.05) is 21.8 Å². The molecule has 5 nitrogen and oxygen atoms in total. The molecule has 1 aromatic heterocycles. The predicted molar refractivity (Wildman–Crippen MR) is 110 cm³/mol. The second kappa shape index (κ2) is 7.74. The molecule has 0 aliphatic rings. The summed E-state index contributed by atoms with van der Waals surface area (Å²) in [6.45, 7) is 2.50.